The molecule has 0 atom stereocenters. The first kappa shape index (κ1) is 20.1. The van der Waals surface area contributed by atoms with Gasteiger partial charge in [0.05, 0.1) is 10.7 Å². The number of carbonyl (C=O) groups excluding carboxylic acids is 1. The SMILES string of the molecule is O=C(Nc1ccccc1F)c1cccc(NS(=O)(=O)c2cc(Cl)ccc2Cl)c1. The topological polar surface area (TPSA) is 75.3 Å². The highest BCUT2D eigenvalue weighted by Crippen LogP contribution is 2.27. The molecule has 9 heteroatoms. The van der Waals surface area contributed by atoms with E-state index in [-0.39, 0.29) is 31.9 Å². The van der Waals surface area contributed by atoms with Gasteiger partial charge in [0.2, 0.25) is 0 Å². The van der Waals surface area contributed by atoms with E-state index in [0.717, 1.165) is 0 Å². The third-order valence-electron chi connectivity index (χ3n) is 3.68. The Kier molecular flexibility index (Phi) is 5.88. The number of para-hydroxylation sites is 1. The zero-order chi connectivity index (χ0) is 20.3. The highest BCUT2D eigenvalue weighted by Gasteiger charge is 2.19. The molecule has 0 aliphatic rings. The van der Waals surface area contributed by atoms with Crippen LogP contribution in [0.5, 0.6) is 0 Å². The summed E-state index contributed by atoms with van der Waals surface area (Å²) in [6.07, 6.45) is 0. The van der Waals surface area contributed by atoms with Crippen LogP contribution in [0.1, 0.15) is 10.4 Å². The van der Waals surface area contributed by atoms with Gasteiger partial charge in [-0.2, -0.15) is 0 Å². The fourth-order valence-corrected chi connectivity index (χ4v) is 4.19. The Morgan fingerprint density at radius 3 is 2.43 bits per heavy atom. The van der Waals surface area contributed by atoms with Crippen molar-refractivity contribution in [2.24, 2.45) is 0 Å². The maximum absolute atomic E-state index is 13.7. The molecule has 0 aromatic heterocycles. The number of anilines is 2. The van der Waals surface area contributed by atoms with E-state index < -0.39 is 21.7 Å². The summed E-state index contributed by atoms with van der Waals surface area (Å²) < 4.78 is 41.2. The van der Waals surface area contributed by atoms with E-state index in [4.69, 9.17) is 23.2 Å². The molecule has 0 bridgehead atoms. The molecule has 0 aliphatic carbocycles. The smallest absolute Gasteiger partial charge is 0.263 e. The molecule has 0 heterocycles. The number of nitrogens with one attached hydrogen (secondary N) is 2. The monoisotopic (exact) mass is 438 g/mol. The second-order valence-electron chi connectivity index (χ2n) is 5.70. The first-order chi connectivity index (χ1) is 13.3. The number of halogens is 3. The zero-order valence-electron chi connectivity index (χ0n) is 14.1. The highest BCUT2D eigenvalue weighted by atomic mass is 35.5. The molecule has 0 fully saturated rings. The van der Waals surface area contributed by atoms with Crippen LogP contribution in [0, 0.1) is 5.82 Å². The van der Waals surface area contributed by atoms with Crippen molar-refractivity contribution < 1.29 is 17.6 Å². The van der Waals surface area contributed by atoms with Crippen LogP contribution in [0.2, 0.25) is 10.0 Å². The third kappa shape index (κ3) is 4.62. The molecule has 3 aromatic carbocycles. The summed E-state index contributed by atoms with van der Waals surface area (Å²) in [7, 11) is -4.03. The summed E-state index contributed by atoms with van der Waals surface area (Å²) in [5.41, 5.74) is 0.294. The van der Waals surface area contributed by atoms with E-state index in [0.29, 0.717) is 0 Å². The van der Waals surface area contributed by atoms with Crippen LogP contribution in [0.25, 0.3) is 0 Å². The quantitative estimate of drug-likeness (QED) is 0.575. The van der Waals surface area contributed by atoms with Crippen LogP contribution in [0.15, 0.2) is 71.6 Å². The predicted molar refractivity (Wildman–Crippen MR) is 108 cm³/mol. The molecule has 0 aliphatic heterocycles. The minimum absolute atomic E-state index is 0.00495. The van der Waals surface area contributed by atoms with Gasteiger partial charge in [-0.3, -0.25) is 9.52 Å². The molecule has 144 valence electrons. The van der Waals surface area contributed by atoms with E-state index in [1.807, 2.05) is 0 Å². The number of benzene rings is 3. The van der Waals surface area contributed by atoms with Gasteiger partial charge < -0.3 is 5.32 Å². The van der Waals surface area contributed by atoms with Gasteiger partial charge in [0.25, 0.3) is 15.9 Å². The summed E-state index contributed by atoms with van der Waals surface area (Å²) >= 11 is 11.8. The zero-order valence-corrected chi connectivity index (χ0v) is 16.4. The van der Waals surface area contributed by atoms with Crippen LogP contribution >= 0.6 is 23.2 Å². The average molecular weight is 439 g/mol. The van der Waals surface area contributed by atoms with E-state index >= 15 is 0 Å². The lowest BCUT2D eigenvalue weighted by molar-refractivity contribution is 0.102. The molecular formula is C19H13Cl2FN2O3S. The summed E-state index contributed by atoms with van der Waals surface area (Å²) in [4.78, 5) is 12.2. The summed E-state index contributed by atoms with van der Waals surface area (Å²) in [6, 6.07) is 15.5. The minimum Gasteiger partial charge on any atom is -0.319 e. The average Bonchev–Trinajstić information content (AvgIpc) is 2.65. The van der Waals surface area contributed by atoms with E-state index in [2.05, 4.69) is 10.0 Å². The lowest BCUT2D eigenvalue weighted by Gasteiger charge is -2.11. The van der Waals surface area contributed by atoms with Crippen molar-refractivity contribution in [1.82, 2.24) is 0 Å². The van der Waals surface area contributed by atoms with Crippen molar-refractivity contribution in [1.29, 1.82) is 0 Å². The van der Waals surface area contributed by atoms with Crippen LogP contribution in [-0.2, 0) is 10.0 Å². The number of sulfonamides is 1. The minimum atomic E-state index is -4.03. The fraction of sp³-hybridized carbons (Fsp3) is 0. The van der Waals surface area contributed by atoms with Gasteiger partial charge in [0, 0.05) is 16.3 Å². The Morgan fingerprint density at radius 1 is 0.929 bits per heavy atom. The Balaban J connectivity index is 1.84. The lowest BCUT2D eigenvalue weighted by atomic mass is 10.2. The molecule has 0 saturated heterocycles. The van der Waals surface area contributed by atoms with Gasteiger partial charge in [0.1, 0.15) is 10.7 Å². The number of hydrogen-bond donors (Lipinski definition) is 2. The van der Waals surface area contributed by atoms with Crippen molar-refractivity contribution >= 4 is 50.5 Å². The molecule has 3 rings (SSSR count). The van der Waals surface area contributed by atoms with Gasteiger partial charge in [-0.15, -0.1) is 0 Å². The molecule has 3 aromatic rings. The fourth-order valence-electron chi connectivity index (χ4n) is 2.37. The number of amides is 1. The standard InChI is InChI=1S/C19H13Cl2FN2O3S/c20-13-8-9-15(21)18(11-13)28(26,27)24-14-5-3-4-12(10-14)19(25)23-17-7-2-1-6-16(17)22/h1-11,24H,(H,23,25). The van der Waals surface area contributed by atoms with Crippen LogP contribution in [0.4, 0.5) is 15.8 Å². The molecule has 0 saturated carbocycles. The molecule has 0 spiro atoms. The molecule has 5 nitrogen and oxygen atoms in total. The van der Waals surface area contributed by atoms with Gasteiger partial charge in [-0.1, -0.05) is 41.4 Å². The molecule has 1 amide bonds. The van der Waals surface area contributed by atoms with Crippen LogP contribution < -0.4 is 10.0 Å². The van der Waals surface area contributed by atoms with Crippen molar-refractivity contribution in [3.05, 3.63) is 88.2 Å². The Hall–Kier alpha value is -2.61. The third-order valence-corrected chi connectivity index (χ3v) is 5.78. The van der Waals surface area contributed by atoms with Crippen LogP contribution in [-0.4, -0.2) is 14.3 Å². The molecular weight excluding hydrogens is 426 g/mol. The Bertz CT molecular complexity index is 1150. The van der Waals surface area contributed by atoms with Gasteiger partial charge in [0.15, 0.2) is 0 Å². The number of rotatable bonds is 5. The first-order valence-corrected chi connectivity index (χ1v) is 10.1. The summed E-state index contributed by atoms with van der Waals surface area (Å²) in [6.45, 7) is 0. The van der Waals surface area contributed by atoms with E-state index in [1.165, 1.54) is 60.7 Å². The highest BCUT2D eigenvalue weighted by molar-refractivity contribution is 7.92. The largest absolute Gasteiger partial charge is 0.319 e. The van der Waals surface area contributed by atoms with E-state index in [1.54, 1.807) is 6.07 Å². The maximum Gasteiger partial charge on any atom is 0.263 e. The molecule has 0 radical (unpaired) electrons. The second-order valence-corrected chi connectivity index (χ2v) is 8.19. The van der Waals surface area contributed by atoms with Crippen LogP contribution in [0.3, 0.4) is 0 Å². The second kappa shape index (κ2) is 8.18. The van der Waals surface area contributed by atoms with Gasteiger partial charge >= 0.3 is 0 Å². The normalized spacial score (nSPS) is 11.1. The van der Waals surface area contributed by atoms with Gasteiger partial charge in [-0.25, -0.2) is 12.8 Å². The van der Waals surface area contributed by atoms with E-state index in [9.17, 15) is 17.6 Å². The van der Waals surface area contributed by atoms with Gasteiger partial charge in [-0.05, 0) is 48.5 Å². The van der Waals surface area contributed by atoms with Crippen molar-refractivity contribution in [3.63, 3.8) is 0 Å². The van der Waals surface area contributed by atoms with Crippen molar-refractivity contribution in [2.75, 3.05) is 10.0 Å². The van der Waals surface area contributed by atoms with Crippen molar-refractivity contribution in [2.45, 2.75) is 4.90 Å². The Labute approximate surface area is 171 Å². The summed E-state index contributed by atoms with van der Waals surface area (Å²) in [5, 5.41) is 2.65. The number of hydrogen-bond acceptors (Lipinski definition) is 3. The Morgan fingerprint density at radius 2 is 1.68 bits per heavy atom. The molecule has 2 N–H and O–H groups in total. The molecule has 0 unspecified atom stereocenters. The maximum atomic E-state index is 13.7. The van der Waals surface area contributed by atoms with Crippen molar-refractivity contribution in [3.8, 4) is 0 Å². The molecule has 28 heavy (non-hydrogen) atoms. The lowest BCUT2D eigenvalue weighted by Crippen LogP contribution is -2.16. The first-order valence-electron chi connectivity index (χ1n) is 7.90. The predicted octanol–water partition coefficient (Wildman–Crippen LogP) is 5.19. The number of carbonyl (C=O) groups is 1. The summed E-state index contributed by atoms with van der Waals surface area (Å²) in [5.74, 6) is -1.17.